The van der Waals surface area contributed by atoms with E-state index in [9.17, 15) is 9.59 Å². The predicted octanol–water partition coefficient (Wildman–Crippen LogP) is -0.507. The van der Waals surface area contributed by atoms with Crippen LogP contribution in [-0.2, 0) is 9.59 Å². The van der Waals surface area contributed by atoms with Crippen LogP contribution in [-0.4, -0.2) is 53.8 Å². The minimum Gasteiger partial charge on any atom is -0.314 e. The summed E-state index contributed by atoms with van der Waals surface area (Å²) in [6, 6.07) is -0.133. The molecule has 78 valence electrons. The molecule has 2 aliphatic heterocycles. The van der Waals surface area contributed by atoms with Gasteiger partial charge in [0.2, 0.25) is 5.78 Å². The minimum absolute atomic E-state index is 0.133. The fourth-order valence-electron chi connectivity index (χ4n) is 1.94. The van der Waals surface area contributed by atoms with Gasteiger partial charge in [-0.25, -0.2) is 0 Å². The van der Waals surface area contributed by atoms with E-state index in [1.54, 1.807) is 0 Å². The second-order valence-corrected chi connectivity index (χ2v) is 4.66. The standard InChI is InChI=1S/C9H14N2O2S/c12-8-7(1-6-14-9(8)13)11-4-2-10-3-5-11/h7,10H,1-6H2. The number of thioether (sulfide) groups is 1. The van der Waals surface area contributed by atoms with Gasteiger partial charge in [-0.3, -0.25) is 14.5 Å². The SMILES string of the molecule is O=C1SCCC(N2CCNCC2)C1=O. The third-order valence-corrected chi connectivity index (χ3v) is 3.62. The van der Waals surface area contributed by atoms with E-state index in [1.807, 2.05) is 0 Å². The molecule has 1 N–H and O–H groups in total. The fraction of sp³-hybridized carbons (Fsp3) is 0.778. The Hall–Kier alpha value is -0.390. The van der Waals surface area contributed by atoms with Crippen LogP contribution in [0.4, 0.5) is 0 Å². The molecule has 2 fully saturated rings. The monoisotopic (exact) mass is 214 g/mol. The first-order chi connectivity index (χ1) is 6.79. The Kier molecular flexibility index (Phi) is 3.20. The van der Waals surface area contributed by atoms with Crippen molar-refractivity contribution in [2.45, 2.75) is 12.5 Å². The molecule has 2 saturated heterocycles. The summed E-state index contributed by atoms with van der Waals surface area (Å²) < 4.78 is 0. The Balaban J connectivity index is 2.00. The number of Topliss-reactive ketones (excluding diaryl/α,β-unsaturated/α-hetero) is 1. The molecule has 0 bridgehead atoms. The largest absolute Gasteiger partial charge is 0.314 e. The highest BCUT2D eigenvalue weighted by Crippen LogP contribution is 2.20. The van der Waals surface area contributed by atoms with Crippen LogP contribution in [0.1, 0.15) is 6.42 Å². The first-order valence-electron chi connectivity index (χ1n) is 4.95. The molecule has 14 heavy (non-hydrogen) atoms. The molecule has 0 aromatic carbocycles. The smallest absolute Gasteiger partial charge is 0.256 e. The van der Waals surface area contributed by atoms with E-state index in [0.29, 0.717) is 0 Å². The summed E-state index contributed by atoms with van der Waals surface area (Å²) in [4.78, 5) is 24.9. The molecular formula is C9H14N2O2S. The number of carbonyl (C=O) groups is 2. The van der Waals surface area contributed by atoms with E-state index in [4.69, 9.17) is 0 Å². The molecule has 0 aromatic rings. The van der Waals surface area contributed by atoms with Crippen LogP contribution in [0.5, 0.6) is 0 Å². The summed E-state index contributed by atoms with van der Waals surface area (Å²) in [7, 11) is 0. The molecule has 4 nitrogen and oxygen atoms in total. The summed E-state index contributed by atoms with van der Waals surface area (Å²) in [5.41, 5.74) is 0. The average Bonchev–Trinajstić information content (AvgIpc) is 2.23. The van der Waals surface area contributed by atoms with Gasteiger partial charge in [0.15, 0.2) is 0 Å². The van der Waals surface area contributed by atoms with Crippen LogP contribution in [0.15, 0.2) is 0 Å². The van der Waals surface area contributed by atoms with Gasteiger partial charge in [-0.15, -0.1) is 0 Å². The van der Waals surface area contributed by atoms with Gasteiger partial charge in [0.25, 0.3) is 5.12 Å². The van der Waals surface area contributed by atoms with Crippen molar-refractivity contribution in [2.75, 3.05) is 31.9 Å². The van der Waals surface area contributed by atoms with Crippen molar-refractivity contribution in [1.29, 1.82) is 0 Å². The van der Waals surface area contributed by atoms with E-state index >= 15 is 0 Å². The first-order valence-corrected chi connectivity index (χ1v) is 5.93. The summed E-state index contributed by atoms with van der Waals surface area (Å²) >= 11 is 1.16. The maximum absolute atomic E-state index is 11.6. The Morgan fingerprint density at radius 3 is 2.71 bits per heavy atom. The highest BCUT2D eigenvalue weighted by molar-refractivity contribution is 8.15. The van der Waals surface area contributed by atoms with E-state index in [1.165, 1.54) is 0 Å². The number of carbonyl (C=O) groups excluding carboxylic acids is 2. The van der Waals surface area contributed by atoms with Crippen LogP contribution >= 0.6 is 11.8 Å². The second-order valence-electron chi connectivity index (χ2n) is 3.59. The molecule has 0 amide bonds. The lowest BCUT2D eigenvalue weighted by molar-refractivity contribution is -0.135. The average molecular weight is 214 g/mol. The zero-order valence-corrected chi connectivity index (χ0v) is 8.81. The Labute approximate surface area is 87.4 Å². The number of hydrogen-bond acceptors (Lipinski definition) is 5. The lowest BCUT2D eigenvalue weighted by Gasteiger charge is -2.34. The molecule has 0 saturated carbocycles. The highest BCUT2D eigenvalue weighted by atomic mass is 32.2. The molecule has 0 spiro atoms. The van der Waals surface area contributed by atoms with Crippen LogP contribution in [0, 0.1) is 0 Å². The van der Waals surface area contributed by atoms with Gasteiger partial charge < -0.3 is 5.32 Å². The van der Waals surface area contributed by atoms with Crippen molar-refractivity contribution in [2.24, 2.45) is 0 Å². The van der Waals surface area contributed by atoms with E-state index in [0.717, 1.165) is 50.1 Å². The van der Waals surface area contributed by atoms with E-state index < -0.39 is 0 Å². The van der Waals surface area contributed by atoms with Gasteiger partial charge in [0.05, 0.1) is 6.04 Å². The van der Waals surface area contributed by atoms with Gasteiger partial charge >= 0.3 is 0 Å². The van der Waals surface area contributed by atoms with Gasteiger partial charge in [-0.2, -0.15) is 0 Å². The summed E-state index contributed by atoms with van der Waals surface area (Å²) in [5.74, 6) is 0.599. The minimum atomic E-state index is -0.250. The third-order valence-electron chi connectivity index (χ3n) is 2.72. The van der Waals surface area contributed by atoms with Crippen molar-refractivity contribution in [3.63, 3.8) is 0 Å². The number of nitrogens with one attached hydrogen (secondary N) is 1. The van der Waals surface area contributed by atoms with Gasteiger partial charge in [0.1, 0.15) is 0 Å². The predicted molar refractivity (Wildman–Crippen MR) is 55.3 cm³/mol. The zero-order chi connectivity index (χ0) is 9.97. The Morgan fingerprint density at radius 2 is 2.00 bits per heavy atom. The lowest BCUT2D eigenvalue weighted by Crippen LogP contribution is -2.53. The zero-order valence-electron chi connectivity index (χ0n) is 7.99. The van der Waals surface area contributed by atoms with Gasteiger partial charge in [-0.05, 0) is 6.42 Å². The van der Waals surface area contributed by atoms with Crippen LogP contribution in [0.3, 0.4) is 0 Å². The molecule has 1 unspecified atom stereocenters. The number of piperazine rings is 1. The van der Waals surface area contributed by atoms with Crippen molar-refractivity contribution in [3.8, 4) is 0 Å². The van der Waals surface area contributed by atoms with Crippen molar-refractivity contribution in [3.05, 3.63) is 0 Å². The fourth-order valence-corrected chi connectivity index (χ4v) is 2.75. The highest BCUT2D eigenvalue weighted by Gasteiger charge is 2.34. The molecular weight excluding hydrogens is 200 g/mol. The molecule has 2 rings (SSSR count). The maximum Gasteiger partial charge on any atom is 0.256 e. The van der Waals surface area contributed by atoms with Crippen LogP contribution in [0.25, 0.3) is 0 Å². The Bertz CT molecular complexity index is 251. The topological polar surface area (TPSA) is 49.4 Å². The number of rotatable bonds is 1. The molecule has 2 heterocycles. The third kappa shape index (κ3) is 1.99. The number of ketones is 1. The lowest BCUT2D eigenvalue weighted by atomic mass is 10.1. The summed E-state index contributed by atoms with van der Waals surface area (Å²) in [5, 5.41) is 2.99. The normalized spacial score (nSPS) is 30.7. The van der Waals surface area contributed by atoms with Crippen molar-refractivity contribution >= 4 is 22.7 Å². The number of nitrogens with zero attached hydrogens (tertiary/aromatic N) is 1. The first kappa shape index (κ1) is 10.1. The summed E-state index contributed by atoms with van der Waals surface area (Å²) in [6.07, 6.45) is 0.829. The van der Waals surface area contributed by atoms with Crippen LogP contribution < -0.4 is 5.32 Å². The molecule has 1 atom stereocenters. The quantitative estimate of drug-likeness (QED) is 0.596. The van der Waals surface area contributed by atoms with Gasteiger partial charge in [0, 0.05) is 31.9 Å². The maximum atomic E-state index is 11.6. The molecule has 0 aromatic heterocycles. The second kappa shape index (κ2) is 4.42. The number of hydrogen-bond donors (Lipinski definition) is 1. The molecule has 0 radical (unpaired) electrons. The van der Waals surface area contributed by atoms with E-state index in [-0.39, 0.29) is 16.9 Å². The molecule has 0 aliphatic carbocycles. The van der Waals surface area contributed by atoms with Crippen molar-refractivity contribution < 1.29 is 9.59 Å². The van der Waals surface area contributed by atoms with E-state index in [2.05, 4.69) is 10.2 Å². The van der Waals surface area contributed by atoms with Crippen LogP contribution in [0.2, 0.25) is 0 Å². The summed E-state index contributed by atoms with van der Waals surface area (Å²) in [6.45, 7) is 3.61. The van der Waals surface area contributed by atoms with Gasteiger partial charge in [-0.1, -0.05) is 11.8 Å². The molecule has 5 heteroatoms. The van der Waals surface area contributed by atoms with Crippen molar-refractivity contribution in [1.82, 2.24) is 10.2 Å². The molecule has 2 aliphatic rings. The Morgan fingerprint density at radius 1 is 1.29 bits per heavy atom.